The molecule has 0 aliphatic carbocycles. The molecule has 0 bridgehead atoms. The van der Waals surface area contributed by atoms with Crippen LogP contribution in [0.5, 0.6) is 0 Å². The van der Waals surface area contributed by atoms with Gasteiger partial charge < -0.3 is 5.32 Å². The largest absolute Gasteiger partial charge is 0.370 e. The lowest BCUT2D eigenvalue weighted by molar-refractivity contribution is 0.826. The van der Waals surface area contributed by atoms with Gasteiger partial charge in [0, 0.05) is 24.0 Å². The van der Waals surface area contributed by atoms with Crippen LogP contribution < -0.4 is 5.32 Å². The molecule has 112 valence electrons. The Hall–Kier alpha value is -1.97. The van der Waals surface area contributed by atoms with E-state index in [0.717, 1.165) is 35.7 Å². The molecule has 4 nitrogen and oxygen atoms in total. The number of pyridine rings is 1. The fourth-order valence-electron chi connectivity index (χ4n) is 2.42. The van der Waals surface area contributed by atoms with Crippen LogP contribution in [0.15, 0.2) is 18.3 Å². The van der Waals surface area contributed by atoms with Gasteiger partial charge in [-0.15, -0.1) is 0 Å². The Bertz CT molecular complexity index is 620. The zero-order chi connectivity index (χ0) is 15.4. The quantitative estimate of drug-likeness (QED) is 0.898. The second-order valence-electron chi connectivity index (χ2n) is 5.69. The van der Waals surface area contributed by atoms with E-state index in [-0.39, 0.29) is 0 Å². The van der Waals surface area contributed by atoms with E-state index in [0.29, 0.717) is 11.7 Å². The van der Waals surface area contributed by atoms with Crippen LogP contribution >= 0.6 is 0 Å². The molecule has 21 heavy (non-hydrogen) atoms. The van der Waals surface area contributed by atoms with Crippen LogP contribution in [0.3, 0.4) is 0 Å². The Balaban J connectivity index is 2.51. The van der Waals surface area contributed by atoms with E-state index < -0.39 is 0 Å². The molecule has 2 aromatic heterocycles. The van der Waals surface area contributed by atoms with Crippen molar-refractivity contribution in [2.24, 2.45) is 0 Å². The highest BCUT2D eigenvalue weighted by molar-refractivity contribution is 5.57. The van der Waals surface area contributed by atoms with Gasteiger partial charge in [-0.25, -0.2) is 9.97 Å². The molecule has 2 aromatic rings. The maximum Gasteiger partial charge on any atom is 0.180 e. The van der Waals surface area contributed by atoms with Crippen molar-refractivity contribution in [1.82, 2.24) is 15.0 Å². The van der Waals surface area contributed by atoms with Gasteiger partial charge in [-0.3, -0.25) is 4.98 Å². The van der Waals surface area contributed by atoms with Crippen LogP contribution in [0.25, 0.3) is 11.5 Å². The maximum atomic E-state index is 4.72. The molecule has 0 radical (unpaired) electrons. The van der Waals surface area contributed by atoms with E-state index in [9.17, 15) is 0 Å². The van der Waals surface area contributed by atoms with Gasteiger partial charge in [0.05, 0.1) is 0 Å². The van der Waals surface area contributed by atoms with Gasteiger partial charge in [0.25, 0.3) is 0 Å². The van der Waals surface area contributed by atoms with Crippen LogP contribution in [-0.4, -0.2) is 21.5 Å². The molecule has 0 spiro atoms. The summed E-state index contributed by atoms with van der Waals surface area (Å²) in [6, 6.07) is 4.00. The van der Waals surface area contributed by atoms with Crippen LogP contribution in [0.4, 0.5) is 5.82 Å². The van der Waals surface area contributed by atoms with Crippen LogP contribution in [0.1, 0.15) is 49.9 Å². The predicted molar refractivity (Wildman–Crippen MR) is 87.6 cm³/mol. The SMILES string of the molecule is CCCNc1nc(-c2cc(C)ccn2)nc(C)c1C(C)C. The average molecular weight is 284 g/mol. The zero-order valence-corrected chi connectivity index (χ0v) is 13.6. The highest BCUT2D eigenvalue weighted by Crippen LogP contribution is 2.27. The second-order valence-corrected chi connectivity index (χ2v) is 5.69. The van der Waals surface area contributed by atoms with Crippen LogP contribution in [0, 0.1) is 13.8 Å². The minimum Gasteiger partial charge on any atom is -0.370 e. The zero-order valence-electron chi connectivity index (χ0n) is 13.6. The monoisotopic (exact) mass is 284 g/mol. The summed E-state index contributed by atoms with van der Waals surface area (Å²) in [5.41, 5.74) is 4.21. The van der Waals surface area contributed by atoms with Gasteiger partial charge in [-0.2, -0.15) is 0 Å². The fourth-order valence-corrected chi connectivity index (χ4v) is 2.42. The molecular formula is C17H24N4. The number of rotatable bonds is 5. The average Bonchev–Trinajstić information content (AvgIpc) is 2.44. The minimum atomic E-state index is 0.392. The third kappa shape index (κ3) is 3.57. The Morgan fingerprint density at radius 2 is 1.95 bits per heavy atom. The second kappa shape index (κ2) is 6.66. The summed E-state index contributed by atoms with van der Waals surface area (Å²) >= 11 is 0. The van der Waals surface area contributed by atoms with Crippen molar-refractivity contribution in [3.63, 3.8) is 0 Å². The summed E-state index contributed by atoms with van der Waals surface area (Å²) in [4.78, 5) is 13.8. The number of nitrogens with zero attached hydrogens (tertiary/aromatic N) is 3. The van der Waals surface area contributed by atoms with Gasteiger partial charge >= 0.3 is 0 Å². The first-order chi connectivity index (χ1) is 10.0. The van der Waals surface area contributed by atoms with Crippen molar-refractivity contribution in [3.05, 3.63) is 35.2 Å². The van der Waals surface area contributed by atoms with Crippen molar-refractivity contribution < 1.29 is 0 Å². The summed E-state index contributed by atoms with van der Waals surface area (Å²) in [6.07, 6.45) is 2.87. The molecule has 0 unspecified atom stereocenters. The maximum absolute atomic E-state index is 4.72. The van der Waals surface area contributed by atoms with Gasteiger partial charge in [-0.1, -0.05) is 20.8 Å². The third-order valence-corrected chi connectivity index (χ3v) is 3.40. The molecule has 4 heteroatoms. The normalized spacial score (nSPS) is 11.0. The molecule has 2 rings (SSSR count). The lowest BCUT2D eigenvalue weighted by Crippen LogP contribution is -2.11. The van der Waals surface area contributed by atoms with Gasteiger partial charge in [0.1, 0.15) is 11.5 Å². The summed E-state index contributed by atoms with van der Waals surface area (Å²) in [5.74, 6) is 2.03. The molecule has 0 aliphatic rings. The minimum absolute atomic E-state index is 0.392. The van der Waals surface area contributed by atoms with E-state index >= 15 is 0 Å². The van der Waals surface area contributed by atoms with Crippen molar-refractivity contribution in [1.29, 1.82) is 0 Å². The summed E-state index contributed by atoms with van der Waals surface area (Å²) in [5, 5.41) is 3.43. The predicted octanol–water partition coefficient (Wildman–Crippen LogP) is 4.10. The molecule has 0 aromatic carbocycles. The lowest BCUT2D eigenvalue weighted by Gasteiger charge is -2.17. The van der Waals surface area contributed by atoms with Gasteiger partial charge in [0.15, 0.2) is 5.82 Å². The Morgan fingerprint density at radius 3 is 2.57 bits per heavy atom. The molecule has 0 saturated heterocycles. The Labute approximate surface area is 127 Å². The van der Waals surface area contributed by atoms with E-state index in [1.807, 2.05) is 19.1 Å². The smallest absolute Gasteiger partial charge is 0.180 e. The van der Waals surface area contributed by atoms with E-state index in [1.54, 1.807) is 6.20 Å². The first-order valence-electron chi connectivity index (χ1n) is 7.58. The summed E-state index contributed by atoms with van der Waals surface area (Å²) in [7, 11) is 0. The number of hydrogen-bond donors (Lipinski definition) is 1. The number of hydrogen-bond acceptors (Lipinski definition) is 4. The van der Waals surface area contributed by atoms with Crippen molar-refractivity contribution in [3.8, 4) is 11.5 Å². The molecule has 0 atom stereocenters. The van der Waals surface area contributed by atoms with Crippen molar-refractivity contribution >= 4 is 5.82 Å². The lowest BCUT2D eigenvalue weighted by atomic mass is 10.0. The molecule has 1 N–H and O–H groups in total. The topological polar surface area (TPSA) is 50.7 Å². The van der Waals surface area contributed by atoms with Crippen LogP contribution in [-0.2, 0) is 0 Å². The third-order valence-electron chi connectivity index (χ3n) is 3.40. The Morgan fingerprint density at radius 1 is 1.19 bits per heavy atom. The summed E-state index contributed by atoms with van der Waals surface area (Å²) in [6.45, 7) is 11.5. The number of anilines is 1. The number of aryl methyl sites for hydroxylation is 2. The first-order valence-corrected chi connectivity index (χ1v) is 7.58. The fraction of sp³-hybridized carbons (Fsp3) is 0.471. The molecular weight excluding hydrogens is 260 g/mol. The van der Waals surface area contributed by atoms with E-state index in [1.165, 1.54) is 5.56 Å². The molecule has 0 saturated carbocycles. The van der Waals surface area contributed by atoms with Crippen molar-refractivity contribution in [2.75, 3.05) is 11.9 Å². The number of aromatic nitrogens is 3. The highest BCUT2D eigenvalue weighted by Gasteiger charge is 2.15. The Kier molecular flexibility index (Phi) is 4.89. The summed E-state index contributed by atoms with van der Waals surface area (Å²) < 4.78 is 0. The number of nitrogens with one attached hydrogen (secondary N) is 1. The highest BCUT2D eigenvalue weighted by atomic mass is 15.0. The van der Waals surface area contributed by atoms with Gasteiger partial charge in [-0.05, 0) is 43.9 Å². The molecule has 0 fully saturated rings. The van der Waals surface area contributed by atoms with Crippen molar-refractivity contribution in [2.45, 2.75) is 47.0 Å². The first kappa shape index (κ1) is 15.4. The van der Waals surface area contributed by atoms with Gasteiger partial charge in [0.2, 0.25) is 0 Å². The molecule has 0 amide bonds. The molecule has 0 aliphatic heterocycles. The van der Waals surface area contributed by atoms with E-state index in [2.05, 4.69) is 43.0 Å². The molecule has 2 heterocycles. The van der Waals surface area contributed by atoms with Crippen LogP contribution in [0.2, 0.25) is 0 Å². The van der Waals surface area contributed by atoms with E-state index in [4.69, 9.17) is 4.98 Å². The standard InChI is InChI=1S/C17H24N4/c1-6-8-19-17-15(11(2)3)13(5)20-16(21-17)14-10-12(4)7-9-18-14/h7,9-11H,6,8H2,1-5H3,(H,19,20,21).